The zero-order valence-electron chi connectivity index (χ0n) is 12.3. The number of amides is 1. The van der Waals surface area contributed by atoms with Crippen molar-refractivity contribution in [2.24, 2.45) is 0 Å². The fourth-order valence-corrected chi connectivity index (χ4v) is 3.03. The number of nitrogens with one attached hydrogen (secondary N) is 1. The lowest BCUT2D eigenvalue weighted by Crippen LogP contribution is -2.42. The van der Waals surface area contributed by atoms with Crippen molar-refractivity contribution in [3.05, 3.63) is 22.3 Å². The summed E-state index contributed by atoms with van der Waals surface area (Å²) in [5.41, 5.74) is 0.562. The summed E-state index contributed by atoms with van der Waals surface area (Å²) in [4.78, 5) is 19.0. The van der Waals surface area contributed by atoms with E-state index in [2.05, 4.69) is 26.2 Å². The average molecular weight is 356 g/mol. The van der Waals surface area contributed by atoms with Crippen molar-refractivity contribution in [2.75, 3.05) is 25.0 Å². The third-order valence-electron chi connectivity index (χ3n) is 3.78. The van der Waals surface area contributed by atoms with Gasteiger partial charge in [-0.05, 0) is 41.8 Å². The first-order chi connectivity index (χ1) is 10.2. The van der Waals surface area contributed by atoms with Gasteiger partial charge in [0.05, 0.1) is 18.2 Å². The van der Waals surface area contributed by atoms with Gasteiger partial charge >= 0.3 is 0 Å². The van der Waals surface area contributed by atoms with Gasteiger partial charge in [0.2, 0.25) is 0 Å². The molecule has 2 heterocycles. The highest BCUT2D eigenvalue weighted by Gasteiger charge is 2.27. The fraction of sp³-hybridized carbons (Fsp3) is 0.600. The molecule has 21 heavy (non-hydrogen) atoms. The van der Waals surface area contributed by atoms with E-state index in [0.717, 1.165) is 30.2 Å². The minimum atomic E-state index is -0.0894. The third-order valence-corrected chi connectivity index (χ3v) is 4.21. The Bertz CT molecular complexity index is 496. The summed E-state index contributed by atoms with van der Waals surface area (Å²) in [7, 11) is 0. The van der Waals surface area contributed by atoms with E-state index in [4.69, 9.17) is 0 Å². The summed E-state index contributed by atoms with van der Waals surface area (Å²) in [5, 5.41) is 12.7. The molecular weight excluding hydrogens is 334 g/mol. The first kappa shape index (κ1) is 16.2. The van der Waals surface area contributed by atoms with E-state index in [1.54, 1.807) is 17.2 Å². The molecule has 0 aliphatic carbocycles. The Hall–Kier alpha value is -1.14. The Labute approximate surface area is 133 Å². The lowest BCUT2D eigenvalue weighted by molar-refractivity contribution is 0.0600. The summed E-state index contributed by atoms with van der Waals surface area (Å²) in [6.07, 6.45) is 5.70. The molecule has 0 saturated carbocycles. The maximum absolute atomic E-state index is 12.9. The molecule has 6 heteroatoms. The zero-order chi connectivity index (χ0) is 15.2. The van der Waals surface area contributed by atoms with E-state index >= 15 is 0 Å². The minimum absolute atomic E-state index is 0.0176. The number of aliphatic hydroxyl groups is 1. The summed E-state index contributed by atoms with van der Waals surface area (Å²) in [6.45, 7) is 3.39. The topological polar surface area (TPSA) is 65.5 Å². The molecular formula is C15H22BrN3O2. The van der Waals surface area contributed by atoms with Crippen LogP contribution in [-0.4, -0.2) is 46.6 Å². The van der Waals surface area contributed by atoms with Crippen molar-refractivity contribution in [3.8, 4) is 0 Å². The number of likely N-dealkylation sites (tertiary alicyclic amines) is 1. The van der Waals surface area contributed by atoms with Gasteiger partial charge in [0, 0.05) is 23.8 Å². The van der Waals surface area contributed by atoms with Gasteiger partial charge in [-0.25, -0.2) is 4.98 Å². The van der Waals surface area contributed by atoms with Crippen LogP contribution in [0, 0.1) is 0 Å². The number of carbonyl (C=O) groups excluding carboxylic acids is 1. The molecule has 0 bridgehead atoms. The van der Waals surface area contributed by atoms with Crippen LogP contribution in [0.1, 0.15) is 43.0 Å². The van der Waals surface area contributed by atoms with Crippen molar-refractivity contribution in [2.45, 2.75) is 38.6 Å². The molecule has 1 fully saturated rings. The number of rotatable bonds is 4. The lowest BCUT2D eigenvalue weighted by Gasteiger charge is -2.29. The molecule has 116 valence electrons. The molecule has 1 aromatic rings. The Morgan fingerprint density at radius 1 is 1.52 bits per heavy atom. The second kappa shape index (κ2) is 7.75. The molecule has 1 aliphatic rings. The molecule has 1 amide bonds. The molecule has 1 unspecified atom stereocenters. The van der Waals surface area contributed by atoms with Gasteiger partial charge in [0.15, 0.2) is 0 Å². The normalized spacial score (nSPS) is 19.2. The standard InChI is InChI=1S/C15H22BrN3O2/c1-2-17-14-13(8-11(16)9-18-14)15(21)19-7-5-3-4-6-12(19)10-20/h8-9,12,20H,2-7,10H2,1H3,(H,17,18). The Morgan fingerprint density at radius 2 is 2.33 bits per heavy atom. The van der Waals surface area contributed by atoms with Crippen molar-refractivity contribution in [1.29, 1.82) is 0 Å². The number of carbonyl (C=O) groups is 1. The first-order valence-electron chi connectivity index (χ1n) is 7.48. The number of anilines is 1. The van der Waals surface area contributed by atoms with Crippen LogP contribution in [0.2, 0.25) is 0 Å². The summed E-state index contributed by atoms with van der Waals surface area (Å²) in [6, 6.07) is 1.71. The maximum atomic E-state index is 12.9. The van der Waals surface area contributed by atoms with Gasteiger partial charge in [-0.15, -0.1) is 0 Å². The number of pyridine rings is 1. The molecule has 1 saturated heterocycles. The van der Waals surface area contributed by atoms with Crippen LogP contribution in [0.4, 0.5) is 5.82 Å². The summed E-state index contributed by atoms with van der Waals surface area (Å²) in [5.74, 6) is 0.548. The smallest absolute Gasteiger partial charge is 0.257 e. The van der Waals surface area contributed by atoms with E-state index in [1.807, 2.05) is 6.92 Å². The molecule has 5 nitrogen and oxygen atoms in total. The minimum Gasteiger partial charge on any atom is -0.394 e. The monoisotopic (exact) mass is 355 g/mol. The average Bonchev–Trinajstić information content (AvgIpc) is 2.73. The Kier molecular flexibility index (Phi) is 5.99. The van der Waals surface area contributed by atoms with Crippen LogP contribution in [-0.2, 0) is 0 Å². The molecule has 0 aromatic carbocycles. The van der Waals surface area contributed by atoms with Crippen molar-refractivity contribution < 1.29 is 9.90 Å². The maximum Gasteiger partial charge on any atom is 0.257 e. The second-order valence-electron chi connectivity index (χ2n) is 5.26. The van der Waals surface area contributed by atoms with Gasteiger partial charge < -0.3 is 15.3 Å². The highest BCUT2D eigenvalue weighted by atomic mass is 79.9. The van der Waals surface area contributed by atoms with E-state index in [0.29, 0.717) is 24.5 Å². The largest absolute Gasteiger partial charge is 0.394 e. The number of nitrogens with zero attached hydrogens (tertiary/aromatic N) is 2. The number of hydrogen-bond acceptors (Lipinski definition) is 4. The Balaban J connectivity index is 2.30. The molecule has 1 atom stereocenters. The highest BCUT2D eigenvalue weighted by molar-refractivity contribution is 9.10. The fourth-order valence-electron chi connectivity index (χ4n) is 2.70. The van der Waals surface area contributed by atoms with Gasteiger partial charge in [-0.1, -0.05) is 12.8 Å². The van der Waals surface area contributed by atoms with E-state index in [9.17, 15) is 9.90 Å². The number of aromatic nitrogens is 1. The first-order valence-corrected chi connectivity index (χ1v) is 8.28. The van der Waals surface area contributed by atoms with Gasteiger partial charge in [0.1, 0.15) is 5.82 Å². The molecule has 1 aromatic heterocycles. The van der Waals surface area contributed by atoms with Gasteiger partial charge in [0.25, 0.3) is 5.91 Å². The molecule has 2 N–H and O–H groups in total. The van der Waals surface area contributed by atoms with Crippen LogP contribution in [0.5, 0.6) is 0 Å². The van der Waals surface area contributed by atoms with Gasteiger partial charge in [-0.2, -0.15) is 0 Å². The van der Waals surface area contributed by atoms with Crippen molar-refractivity contribution in [1.82, 2.24) is 9.88 Å². The van der Waals surface area contributed by atoms with Crippen LogP contribution in [0.25, 0.3) is 0 Å². The number of halogens is 1. The number of hydrogen-bond donors (Lipinski definition) is 2. The van der Waals surface area contributed by atoms with E-state index < -0.39 is 0 Å². The molecule has 2 rings (SSSR count). The Morgan fingerprint density at radius 3 is 3.05 bits per heavy atom. The summed E-state index contributed by atoms with van der Waals surface area (Å²) < 4.78 is 0.780. The van der Waals surface area contributed by atoms with Crippen LogP contribution < -0.4 is 5.32 Å². The predicted molar refractivity (Wildman–Crippen MR) is 86.5 cm³/mol. The molecule has 0 radical (unpaired) electrons. The second-order valence-corrected chi connectivity index (χ2v) is 6.18. The quantitative estimate of drug-likeness (QED) is 0.871. The lowest BCUT2D eigenvalue weighted by atomic mass is 10.1. The van der Waals surface area contributed by atoms with Crippen molar-refractivity contribution >= 4 is 27.7 Å². The highest BCUT2D eigenvalue weighted by Crippen LogP contribution is 2.24. The van der Waals surface area contributed by atoms with Crippen LogP contribution >= 0.6 is 15.9 Å². The molecule has 0 spiro atoms. The zero-order valence-corrected chi connectivity index (χ0v) is 13.9. The van der Waals surface area contributed by atoms with E-state index in [1.165, 1.54) is 0 Å². The van der Waals surface area contributed by atoms with Crippen LogP contribution in [0.3, 0.4) is 0 Å². The van der Waals surface area contributed by atoms with E-state index in [-0.39, 0.29) is 18.6 Å². The third kappa shape index (κ3) is 3.95. The summed E-state index contributed by atoms with van der Waals surface area (Å²) >= 11 is 3.38. The SMILES string of the molecule is CCNc1ncc(Br)cc1C(=O)N1CCCCCC1CO. The van der Waals surface area contributed by atoms with Gasteiger partial charge in [-0.3, -0.25) is 4.79 Å². The van der Waals surface area contributed by atoms with Crippen molar-refractivity contribution in [3.63, 3.8) is 0 Å². The number of aliphatic hydroxyl groups excluding tert-OH is 1. The van der Waals surface area contributed by atoms with Crippen LogP contribution in [0.15, 0.2) is 16.7 Å². The predicted octanol–water partition coefficient (Wildman–Crippen LogP) is 2.65. The molecule has 1 aliphatic heterocycles.